The number of carbonyl (C=O) groups is 1. The fourth-order valence-electron chi connectivity index (χ4n) is 1.24. The van der Waals surface area contributed by atoms with E-state index < -0.39 is 0 Å². The van der Waals surface area contributed by atoms with E-state index in [1.165, 1.54) is 13.3 Å². The summed E-state index contributed by atoms with van der Waals surface area (Å²) in [6.45, 7) is 5.10. The van der Waals surface area contributed by atoms with Gasteiger partial charge < -0.3 is 9.47 Å². The highest BCUT2D eigenvalue weighted by Crippen LogP contribution is 2.15. The van der Waals surface area contributed by atoms with Crippen LogP contribution in [-0.2, 0) is 14.3 Å². The average molecular weight is 171 g/mol. The second-order valence-electron chi connectivity index (χ2n) is 2.90. The van der Waals surface area contributed by atoms with E-state index in [0.717, 1.165) is 0 Å². The minimum absolute atomic E-state index is 0.000602. The van der Waals surface area contributed by atoms with E-state index >= 15 is 0 Å². The Hall–Kier alpha value is -1.06. The molecule has 0 saturated heterocycles. The molecule has 0 amide bonds. The minimum Gasteiger partial charge on any atom is -0.478 e. The van der Waals surface area contributed by atoms with Crippen LogP contribution < -0.4 is 0 Å². The van der Waals surface area contributed by atoms with Crippen LogP contribution in [0, 0.1) is 0 Å². The molecule has 12 heavy (non-hydrogen) atoms. The topological polar surface area (TPSA) is 47.9 Å². The first-order valence-corrected chi connectivity index (χ1v) is 3.95. The highest BCUT2D eigenvalue weighted by molar-refractivity contribution is 5.66. The summed E-state index contributed by atoms with van der Waals surface area (Å²) in [6.07, 6.45) is 1.20. The molecule has 0 aromatic carbocycles. The lowest BCUT2D eigenvalue weighted by Crippen LogP contribution is -2.32. The molecule has 1 heterocycles. The Morgan fingerprint density at radius 1 is 1.75 bits per heavy atom. The zero-order valence-electron chi connectivity index (χ0n) is 7.48. The van der Waals surface area contributed by atoms with Crippen LogP contribution in [0.1, 0.15) is 20.8 Å². The number of carbonyl (C=O) groups excluding carboxylic acids is 1. The van der Waals surface area contributed by atoms with Crippen molar-refractivity contribution in [2.75, 3.05) is 0 Å². The second kappa shape index (κ2) is 3.56. The van der Waals surface area contributed by atoms with Gasteiger partial charge in [-0.15, -0.1) is 0 Å². The molecule has 0 bridgehead atoms. The van der Waals surface area contributed by atoms with E-state index in [4.69, 9.17) is 9.47 Å². The molecule has 4 heteroatoms. The average Bonchev–Trinajstić information content (AvgIpc) is 2.33. The van der Waals surface area contributed by atoms with Gasteiger partial charge in [0.05, 0.1) is 0 Å². The maximum atomic E-state index is 10.6. The predicted octanol–water partition coefficient (Wildman–Crippen LogP) is 0.754. The highest BCUT2D eigenvalue weighted by atomic mass is 16.5. The third-order valence-corrected chi connectivity index (χ3v) is 1.82. The van der Waals surface area contributed by atoms with Crippen molar-refractivity contribution < 1.29 is 14.3 Å². The molecule has 0 spiro atoms. The predicted molar refractivity (Wildman–Crippen MR) is 44.1 cm³/mol. The Morgan fingerprint density at radius 2 is 2.42 bits per heavy atom. The van der Waals surface area contributed by atoms with E-state index in [2.05, 4.69) is 4.99 Å². The molecule has 1 aliphatic heterocycles. The molecule has 1 rings (SSSR count). The van der Waals surface area contributed by atoms with Crippen LogP contribution in [0.15, 0.2) is 4.99 Å². The minimum atomic E-state index is -0.281. The van der Waals surface area contributed by atoms with Crippen LogP contribution in [0.25, 0.3) is 0 Å². The van der Waals surface area contributed by atoms with Gasteiger partial charge in [-0.25, -0.2) is 4.99 Å². The Labute approximate surface area is 71.6 Å². The Bertz CT molecular complexity index is 202. The maximum absolute atomic E-state index is 10.6. The Balaban J connectivity index is 2.46. The quantitative estimate of drug-likeness (QED) is 0.576. The lowest BCUT2D eigenvalue weighted by molar-refractivity contribution is -0.147. The van der Waals surface area contributed by atoms with Gasteiger partial charge in [0, 0.05) is 6.92 Å². The van der Waals surface area contributed by atoms with Gasteiger partial charge in [0.25, 0.3) is 0 Å². The summed E-state index contributed by atoms with van der Waals surface area (Å²) >= 11 is 0. The summed E-state index contributed by atoms with van der Waals surface area (Å²) in [5.41, 5.74) is 0. The van der Waals surface area contributed by atoms with Crippen LogP contribution in [-0.4, -0.2) is 30.6 Å². The third kappa shape index (κ3) is 1.96. The number of ether oxygens (including phenoxy) is 2. The Kier molecular flexibility index (Phi) is 2.68. The molecular formula is C8H13NO3. The zero-order chi connectivity index (χ0) is 9.14. The van der Waals surface area contributed by atoms with E-state index in [0.29, 0.717) is 0 Å². The molecule has 68 valence electrons. The molecular weight excluding hydrogens is 158 g/mol. The largest absolute Gasteiger partial charge is 0.478 e. The monoisotopic (exact) mass is 171 g/mol. The van der Waals surface area contributed by atoms with Gasteiger partial charge in [-0.2, -0.15) is 0 Å². The van der Waals surface area contributed by atoms with Crippen molar-refractivity contribution in [2.45, 2.75) is 39.0 Å². The maximum Gasteiger partial charge on any atom is 0.302 e. The summed E-state index contributed by atoms with van der Waals surface area (Å²) < 4.78 is 10.1. The molecule has 0 radical (unpaired) electrons. The first kappa shape index (κ1) is 9.03. The second-order valence-corrected chi connectivity index (χ2v) is 2.90. The number of rotatable bonds is 2. The standard InChI is InChI=1S/C8H13NO3/c1-5-8(9-4-11-5)6(2)12-7(3)10/h4-6,8H,1-3H3. The molecule has 0 saturated carbocycles. The number of aliphatic imine (C=N–C) groups is 1. The van der Waals surface area contributed by atoms with Crippen LogP contribution in [0.3, 0.4) is 0 Å². The lowest BCUT2D eigenvalue weighted by Gasteiger charge is -2.19. The van der Waals surface area contributed by atoms with Crippen LogP contribution in [0.2, 0.25) is 0 Å². The molecule has 3 unspecified atom stereocenters. The summed E-state index contributed by atoms with van der Waals surface area (Å²) in [5, 5.41) is 0. The Morgan fingerprint density at radius 3 is 2.83 bits per heavy atom. The van der Waals surface area contributed by atoms with Gasteiger partial charge in [-0.3, -0.25) is 4.79 Å². The van der Waals surface area contributed by atoms with E-state index in [-0.39, 0.29) is 24.2 Å². The molecule has 4 nitrogen and oxygen atoms in total. The third-order valence-electron chi connectivity index (χ3n) is 1.82. The lowest BCUT2D eigenvalue weighted by atomic mass is 10.1. The summed E-state index contributed by atoms with van der Waals surface area (Å²) in [6, 6.07) is -0.0612. The van der Waals surface area contributed by atoms with E-state index in [1.807, 2.05) is 13.8 Å². The van der Waals surface area contributed by atoms with Gasteiger partial charge in [0.2, 0.25) is 0 Å². The van der Waals surface area contributed by atoms with Gasteiger partial charge in [-0.1, -0.05) is 0 Å². The number of esters is 1. The highest BCUT2D eigenvalue weighted by Gasteiger charge is 2.29. The summed E-state index contributed by atoms with van der Waals surface area (Å²) in [4.78, 5) is 14.6. The van der Waals surface area contributed by atoms with E-state index in [1.54, 1.807) is 0 Å². The van der Waals surface area contributed by atoms with Crippen LogP contribution >= 0.6 is 0 Å². The summed E-state index contributed by atoms with van der Waals surface area (Å²) in [5.74, 6) is -0.281. The number of hydrogen-bond donors (Lipinski definition) is 0. The van der Waals surface area contributed by atoms with Crippen LogP contribution in [0.5, 0.6) is 0 Å². The zero-order valence-corrected chi connectivity index (χ0v) is 7.48. The van der Waals surface area contributed by atoms with Crippen molar-refractivity contribution in [3.05, 3.63) is 0 Å². The van der Waals surface area contributed by atoms with Crippen molar-refractivity contribution in [2.24, 2.45) is 4.99 Å². The molecule has 0 N–H and O–H groups in total. The van der Waals surface area contributed by atoms with Gasteiger partial charge >= 0.3 is 5.97 Å². The smallest absolute Gasteiger partial charge is 0.302 e. The number of nitrogens with zero attached hydrogens (tertiary/aromatic N) is 1. The normalized spacial score (nSPS) is 29.6. The first-order chi connectivity index (χ1) is 5.61. The molecule has 0 aromatic rings. The first-order valence-electron chi connectivity index (χ1n) is 3.95. The fraction of sp³-hybridized carbons (Fsp3) is 0.750. The van der Waals surface area contributed by atoms with Crippen molar-refractivity contribution in [1.29, 1.82) is 0 Å². The molecule has 3 atom stereocenters. The summed E-state index contributed by atoms with van der Waals surface area (Å²) in [7, 11) is 0. The van der Waals surface area contributed by atoms with Gasteiger partial charge in [-0.05, 0) is 13.8 Å². The van der Waals surface area contributed by atoms with Gasteiger partial charge in [0.15, 0.2) is 6.40 Å². The van der Waals surface area contributed by atoms with Crippen molar-refractivity contribution >= 4 is 12.4 Å². The molecule has 0 aromatic heterocycles. The molecule has 0 fully saturated rings. The molecule has 1 aliphatic rings. The van der Waals surface area contributed by atoms with Crippen molar-refractivity contribution in [1.82, 2.24) is 0 Å². The van der Waals surface area contributed by atoms with Crippen LogP contribution in [0.4, 0.5) is 0 Å². The van der Waals surface area contributed by atoms with Gasteiger partial charge in [0.1, 0.15) is 18.2 Å². The SMILES string of the molecule is CC(=O)OC(C)C1N=COC1C. The van der Waals surface area contributed by atoms with Crippen molar-refractivity contribution in [3.8, 4) is 0 Å². The molecule has 0 aliphatic carbocycles. The van der Waals surface area contributed by atoms with E-state index in [9.17, 15) is 4.79 Å². The van der Waals surface area contributed by atoms with Crippen molar-refractivity contribution in [3.63, 3.8) is 0 Å². The fourth-order valence-corrected chi connectivity index (χ4v) is 1.24. The number of hydrogen-bond acceptors (Lipinski definition) is 4.